The van der Waals surface area contributed by atoms with Crippen molar-refractivity contribution < 1.29 is 0 Å². The van der Waals surface area contributed by atoms with Crippen LogP contribution < -0.4 is 5.32 Å². The van der Waals surface area contributed by atoms with Gasteiger partial charge < -0.3 is 5.32 Å². The van der Waals surface area contributed by atoms with E-state index in [0.29, 0.717) is 0 Å². The summed E-state index contributed by atoms with van der Waals surface area (Å²) in [5.74, 6) is 0. The molecule has 0 unspecified atom stereocenters. The van der Waals surface area contributed by atoms with Crippen LogP contribution in [-0.2, 0) is 0 Å². The van der Waals surface area contributed by atoms with Crippen molar-refractivity contribution in [2.45, 2.75) is 6.92 Å². The lowest BCUT2D eigenvalue weighted by molar-refractivity contribution is 1.45. The van der Waals surface area contributed by atoms with Crippen LogP contribution in [-0.4, -0.2) is 0 Å². The summed E-state index contributed by atoms with van der Waals surface area (Å²) in [5, 5.41) is 3.58. The van der Waals surface area contributed by atoms with Gasteiger partial charge in [-0.3, -0.25) is 0 Å². The van der Waals surface area contributed by atoms with Gasteiger partial charge in [0, 0.05) is 22.5 Å². The summed E-state index contributed by atoms with van der Waals surface area (Å²) < 4.78 is 0. The molecule has 1 N–H and O–H groups in total. The molecule has 1 aliphatic heterocycles. The molecule has 0 bridgehead atoms. The maximum absolute atomic E-state index is 3.58. The highest BCUT2D eigenvalue weighted by Crippen LogP contribution is 2.40. The fraction of sp³-hybridized carbons (Fsp3) is 0.0476. The molecule has 1 nitrogen and oxygen atoms in total. The number of fused-ring (bicyclic) bond motifs is 3. The molecule has 3 aromatic rings. The van der Waals surface area contributed by atoms with Crippen molar-refractivity contribution in [3.05, 3.63) is 89.5 Å². The fourth-order valence-corrected chi connectivity index (χ4v) is 2.94. The van der Waals surface area contributed by atoms with Crippen LogP contribution in [0.5, 0.6) is 0 Å². The molecule has 0 fully saturated rings. The van der Waals surface area contributed by atoms with E-state index in [1.54, 1.807) is 0 Å². The number of nitrogens with one attached hydrogen (secondary N) is 1. The summed E-state index contributed by atoms with van der Waals surface area (Å²) in [6.07, 6.45) is 2.22. The van der Waals surface area contributed by atoms with Gasteiger partial charge in [-0.25, -0.2) is 0 Å². The second-order valence-corrected chi connectivity index (χ2v) is 5.68. The van der Waals surface area contributed by atoms with Crippen LogP contribution in [0.15, 0.2) is 72.8 Å². The normalized spacial score (nSPS) is 14.1. The lowest BCUT2D eigenvalue weighted by Crippen LogP contribution is -2.07. The zero-order valence-corrected chi connectivity index (χ0v) is 12.5. The third-order valence-electron chi connectivity index (χ3n) is 4.09. The molecule has 0 amide bonds. The van der Waals surface area contributed by atoms with Gasteiger partial charge in [0.2, 0.25) is 0 Å². The Morgan fingerprint density at radius 1 is 0.682 bits per heavy atom. The van der Waals surface area contributed by atoms with Crippen LogP contribution >= 0.6 is 0 Å². The second-order valence-electron chi connectivity index (χ2n) is 5.68. The molecule has 1 heterocycles. The zero-order chi connectivity index (χ0) is 14.9. The summed E-state index contributed by atoms with van der Waals surface area (Å²) >= 11 is 0. The number of hydrogen-bond donors (Lipinski definition) is 1. The highest BCUT2D eigenvalue weighted by atomic mass is 14.9. The van der Waals surface area contributed by atoms with E-state index in [1.165, 1.54) is 33.5 Å². The molecule has 106 valence electrons. The lowest BCUT2D eigenvalue weighted by atomic mass is 9.92. The molecule has 22 heavy (non-hydrogen) atoms. The smallest absolute Gasteiger partial charge is 0.0470 e. The Kier molecular flexibility index (Phi) is 3.05. The van der Waals surface area contributed by atoms with E-state index in [1.807, 2.05) is 0 Å². The average Bonchev–Trinajstić information content (AvgIpc) is 2.57. The first-order valence-electron chi connectivity index (χ1n) is 7.55. The van der Waals surface area contributed by atoms with Gasteiger partial charge >= 0.3 is 0 Å². The maximum Gasteiger partial charge on any atom is 0.0470 e. The lowest BCUT2D eigenvalue weighted by Gasteiger charge is -2.24. The maximum atomic E-state index is 3.58. The van der Waals surface area contributed by atoms with Crippen molar-refractivity contribution in [3.63, 3.8) is 0 Å². The number of benzene rings is 3. The number of para-hydroxylation sites is 1. The van der Waals surface area contributed by atoms with Crippen LogP contribution in [0.2, 0.25) is 0 Å². The number of hydrogen-bond acceptors (Lipinski definition) is 1. The molecular weight excluding hydrogens is 266 g/mol. The fourth-order valence-electron chi connectivity index (χ4n) is 2.94. The average molecular weight is 283 g/mol. The molecule has 3 aromatic carbocycles. The highest BCUT2D eigenvalue weighted by Gasteiger charge is 2.18. The van der Waals surface area contributed by atoms with Crippen LogP contribution in [0.3, 0.4) is 0 Å². The summed E-state index contributed by atoms with van der Waals surface area (Å²) in [6, 6.07) is 25.6. The summed E-state index contributed by atoms with van der Waals surface area (Å²) in [6.45, 7) is 2.11. The largest absolute Gasteiger partial charge is 0.354 e. The molecule has 1 aliphatic rings. The van der Waals surface area contributed by atoms with E-state index < -0.39 is 0 Å². The number of rotatable bonds is 1. The Balaban J connectivity index is 1.87. The van der Waals surface area contributed by atoms with Crippen LogP contribution in [0, 0.1) is 6.92 Å². The minimum absolute atomic E-state index is 1.15. The second kappa shape index (κ2) is 5.19. The Labute approximate surface area is 130 Å². The first-order valence-corrected chi connectivity index (χ1v) is 7.55. The van der Waals surface area contributed by atoms with Gasteiger partial charge in [0.05, 0.1) is 0 Å². The Bertz CT molecular complexity index is 857. The third kappa shape index (κ3) is 2.21. The van der Waals surface area contributed by atoms with Gasteiger partial charge in [0.25, 0.3) is 0 Å². The van der Waals surface area contributed by atoms with E-state index in [9.17, 15) is 0 Å². The van der Waals surface area contributed by atoms with Gasteiger partial charge in [-0.05, 0) is 30.2 Å². The molecule has 0 aromatic heterocycles. The molecular formula is C21H17N. The molecule has 0 saturated heterocycles. The Morgan fingerprint density at radius 3 is 2.09 bits per heavy atom. The Morgan fingerprint density at radius 2 is 1.32 bits per heavy atom. The molecule has 0 aliphatic carbocycles. The predicted octanol–water partition coefficient (Wildman–Crippen LogP) is 5.59. The molecule has 4 rings (SSSR count). The Hall–Kier alpha value is -2.80. The SMILES string of the molecule is Cc1ccc(C=C2Nc3ccccc3-c3ccccc32)cc1. The molecule has 0 atom stereocenters. The summed E-state index contributed by atoms with van der Waals surface area (Å²) in [5.41, 5.74) is 8.61. The van der Waals surface area contributed by atoms with Gasteiger partial charge in [0.15, 0.2) is 0 Å². The van der Waals surface area contributed by atoms with Crippen molar-refractivity contribution in [2.24, 2.45) is 0 Å². The van der Waals surface area contributed by atoms with E-state index >= 15 is 0 Å². The first kappa shape index (κ1) is 12.9. The van der Waals surface area contributed by atoms with E-state index in [4.69, 9.17) is 0 Å². The van der Waals surface area contributed by atoms with Crippen molar-refractivity contribution in [1.82, 2.24) is 0 Å². The van der Waals surface area contributed by atoms with E-state index in [2.05, 4.69) is 91.1 Å². The van der Waals surface area contributed by atoms with Gasteiger partial charge in [-0.2, -0.15) is 0 Å². The van der Waals surface area contributed by atoms with Crippen molar-refractivity contribution in [1.29, 1.82) is 0 Å². The first-order chi connectivity index (χ1) is 10.8. The number of aryl methyl sites for hydroxylation is 1. The van der Waals surface area contributed by atoms with Crippen LogP contribution in [0.25, 0.3) is 22.9 Å². The third-order valence-corrected chi connectivity index (χ3v) is 4.09. The molecule has 0 radical (unpaired) electrons. The van der Waals surface area contributed by atoms with Gasteiger partial charge in [-0.1, -0.05) is 72.3 Å². The molecule has 1 heteroatoms. The topological polar surface area (TPSA) is 12.0 Å². The van der Waals surface area contributed by atoms with Crippen molar-refractivity contribution in [3.8, 4) is 11.1 Å². The quantitative estimate of drug-likeness (QED) is 0.614. The summed E-state index contributed by atoms with van der Waals surface area (Å²) in [4.78, 5) is 0. The zero-order valence-electron chi connectivity index (χ0n) is 12.5. The van der Waals surface area contributed by atoms with Gasteiger partial charge in [0.1, 0.15) is 0 Å². The van der Waals surface area contributed by atoms with Gasteiger partial charge in [-0.15, -0.1) is 0 Å². The van der Waals surface area contributed by atoms with E-state index in [0.717, 1.165) is 5.70 Å². The van der Waals surface area contributed by atoms with E-state index in [-0.39, 0.29) is 0 Å². The minimum Gasteiger partial charge on any atom is -0.354 e. The van der Waals surface area contributed by atoms with Crippen molar-refractivity contribution in [2.75, 3.05) is 5.32 Å². The van der Waals surface area contributed by atoms with Crippen LogP contribution in [0.4, 0.5) is 5.69 Å². The summed E-state index contributed by atoms with van der Waals surface area (Å²) in [7, 11) is 0. The van der Waals surface area contributed by atoms with Crippen molar-refractivity contribution >= 4 is 17.5 Å². The number of anilines is 1. The predicted molar refractivity (Wildman–Crippen MR) is 94.6 cm³/mol. The monoisotopic (exact) mass is 283 g/mol. The standard InChI is InChI=1S/C21H17N/c1-15-10-12-16(13-11-15)14-21-19-8-3-2-6-17(19)18-7-4-5-9-20(18)22-21/h2-14,22H,1H3. The minimum atomic E-state index is 1.15. The molecule has 0 spiro atoms. The molecule has 0 saturated carbocycles. The van der Waals surface area contributed by atoms with Crippen LogP contribution in [0.1, 0.15) is 16.7 Å². The highest BCUT2D eigenvalue weighted by molar-refractivity contribution is 6.02.